The Bertz CT molecular complexity index is 1020. The molecule has 1 atom stereocenters. The van der Waals surface area contributed by atoms with Crippen molar-refractivity contribution in [2.24, 2.45) is 0 Å². The number of thioether (sulfide) groups is 1. The van der Waals surface area contributed by atoms with E-state index in [2.05, 4.69) is 52.7 Å². The lowest BCUT2D eigenvalue weighted by Crippen LogP contribution is -2.45. The molecule has 1 unspecified atom stereocenters. The molecule has 198 valence electrons. The SMILES string of the molecule is C=C(NC)N(C)C(=N)C(NCC(=O)NC1NC(c2ccc(N(CC)CC)c(OCC)c2)=CS1)=C(C)O. The van der Waals surface area contributed by atoms with Crippen molar-refractivity contribution in [2.45, 2.75) is 33.2 Å². The van der Waals surface area contributed by atoms with E-state index in [1.807, 2.05) is 24.5 Å². The van der Waals surface area contributed by atoms with Gasteiger partial charge in [-0.1, -0.05) is 24.4 Å². The number of allylic oxidation sites excluding steroid dienone is 1. The van der Waals surface area contributed by atoms with Crippen LogP contribution < -0.4 is 30.9 Å². The molecule has 11 heteroatoms. The van der Waals surface area contributed by atoms with E-state index in [0.717, 1.165) is 35.8 Å². The van der Waals surface area contributed by atoms with Crippen molar-refractivity contribution in [2.75, 3.05) is 45.2 Å². The fourth-order valence-corrected chi connectivity index (χ4v) is 4.44. The van der Waals surface area contributed by atoms with Gasteiger partial charge >= 0.3 is 0 Å². The van der Waals surface area contributed by atoms with Gasteiger partial charge in [-0.2, -0.15) is 0 Å². The Kier molecular flexibility index (Phi) is 10.8. The second kappa shape index (κ2) is 13.6. The van der Waals surface area contributed by atoms with E-state index >= 15 is 0 Å². The third-order valence-electron chi connectivity index (χ3n) is 5.63. The number of hydrogen-bond acceptors (Lipinski definition) is 9. The number of amides is 1. The van der Waals surface area contributed by atoms with Gasteiger partial charge in [0, 0.05) is 32.7 Å². The van der Waals surface area contributed by atoms with E-state index in [0.29, 0.717) is 12.4 Å². The van der Waals surface area contributed by atoms with Crippen molar-refractivity contribution in [1.82, 2.24) is 26.2 Å². The van der Waals surface area contributed by atoms with E-state index < -0.39 is 0 Å². The maximum absolute atomic E-state index is 12.6. The third-order valence-corrected chi connectivity index (χ3v) is 6.51. The number of ether oxygens (including phenoxy) is 1. The molecule has 0 bridgehead atoms. The number of anilines is 1. The van der Waals surface area contributed by atoms with E-state index in [4.69, 9.17) is 10.1 Å². The molecule has 0 fully saturated rings. The maximum atomic E-state index is 12.6. The zero-order valence-electron chi connectivity index (χ0n) is 22.0. The number of nitrogens with zero attached hydrogens (tertiary/aromatic N) is 2. The number of benzene rings is 1. The minimum Gasteiger partial charge on any atom is -0.510 e. The van der Waals surface area contributed by atoms with Crippen LogP contribution in [0.1, 0.15) is 33.3 Å². The minimum atomic E-state index is -0.346. The van der Waals surface area contributed by atoms with Crippen LogP contribution in [0.3, 0.4) is 0 Å². The number of nitrogens with one attached hydrogen (secondary N) is 5. The molecule has 2 rings (SSSR count). The molecule has 1 aromatic carbocycles. The highest BCUT2D eigenvalue weighted by Crippen LogP contribution is 2.34. The van der Waals surface area contributed by atoms with Gasteiger partial charge in [-0.25, -0.2) is 0 Å². The number of amidine groups is 1. The summed E-state index contributed by atoms with van der Waals surface area (Å²) >= 11 is 1.46. The number of carbonyl (C=O) groups excluding carboxylic acids is 1. The highest BCUT2D eigenvalue weighted by atomic mass is 32.2. The Balaban J connectivity index is 1.99. The average molecular weight is 518 g/mol. The summed E-state index contributed by atoms with van der Waals surface area (Å²) in [4.78, 5) is 16.3. The molecule has 1 amide bonds. The molecular weight excluding hydrogens is 478 g/mol. The summed E-state index contributed by atoms with van der Waals surface area (Å²) in [6.45, 7) is 13.7. The number of hydrogen-bond donors (Lipinski definition) is 6. The number of rotatable bonds is 13. The van der Waals surface area contributed by atoms with E-state index in [1.165, 1.54) is 23.6 Å². The highest BCUT2D eigenvalue weighted by molar-refractivity contribution is 8.03. The lowest BCUT2D eigenvalue weighted by molar-refractivity contribution is -0.120. The first-order valence-corrected chi connectivity index (χ1v) is 12.9. The van der Waals surface area contributed by atoms with Crippen LogP contribution in [0.4, 0.5) is 5.69 Å². The first-order valence-electron chi connectivity index (χ1n) is 11.9. The molecule has 0 spiro atoms. The van der Waals surface area contributed by atoms with Crippen LogP contribution in [0.5, 0.6) is 5.75 Å². The van der Waals surface area contributed by atoms with Crippen molar-refractivity contribution in [3.05, 3.63) is 53.0 Å². The second-order valence-corrected chi connectivity index (χ2v) is 8.94. The maximum Gasteiger partial charge on any atom is 0.241 e. The van der Waals surface area contributed by atoms with Gasteiger partial charge in [0.1, 0.15) is 17.2 Å². The third kappa shape index (κ3) is 7.27. The summed E-state index contributed by atoms with van der Waals surface area (Å²) in [5.41, 5.74) is 2.73. The van der Waals surface area contributed by atoms with Crippen molar-refractivity contribution in [1.29, 1.82) is 5.41 Å². The van der Waals surface area contributed by atoms with E-state index in [1.54, 1.807) is 14.1 Å². The van der Waals surface area contributed by atoms with Crippen molar-refractivity contribution >= 4 is 34.9 Å². The zero-order valence-corrected chi connectivity index (χ0v) is 22.8. The van der Waals surface area contributed by atoms with Crippen LogP contribution in [0.2, 0.25) is 0 Å². The Morgan fingerprint density at radius 1 is 1.31 bits per heavy atom. The fraction of sp³-hybridized carbons (Fsp3) is 0.440. The quantitative estimate of drug-likeness (QED) is 0.133. The van der Waals surface area contributed by atoms with Gasteiger partial charge in [-0.05, 0) is 45.2 Å². The van der Waals surface area contributed by atoms with Crippen molar-refractivity contribution < 1.29 is 14.6 Å². The lowest BCUT2D eigenvalue weighted by Gasteiger charge is -2.25. The van der Waals surface area contributed by atoms with Gasteiger partial charge in [0.15, 0.2) is 11.3 Å². The summed E-state index contributed by atoms with van der Waals surface area (Å²) in [5.74, 6) is 0.906. The number of aliphatic hydroxyl groups is 1. The first kappa shape index (κ1) is 28.8. The summed E-state index contributed by atoms with van der Waals surface area (Å²) in [7, 11) is 3.33. The normalized spacial score (nSPS) is 15.2. The molecule has 1 heterocycles. The second-order valence-electron chi connectivity index (χ2n) is 7.97. The summed E-state index contributed by atoms with van der Waals surface area (Å²) in [6.07, 6.45) is 0. The molecule has 0 saturated heterocycles. The summed E-state index contributed by atoms with van der Waals surface area (Å²) in [6, 6.07) is 6.13. The van der Waals surface area contributed by atoms with Crippen molar-refractivity contribution in [3.63, 3.8) is 0 Å². The van der Waals surface area contributed by atoms with Crippen LogP contribution in [-0.4, -0.2) is 67.6 Å². The van der Waals surface area contributed by atoms with Gasteiger partial charge in [0.05, 0.1) is 30.4 Å². The van der Waals surface area contributed by atoms with Crippen LogP contribution in [0.15, 0.2) is 47.5 Å². The van der Waals surface area contributed by atoms with Gasteiger partial charge in [-0.3, -0.25) is 10.2 Å². The highest BCUT2D eigenvalue weighted by Gasteiger charge is 2.22. The fourth-order valence-electron chi connectivity index (χ4n) is 3.56. The number of likely N-dealkylation sites (N-methyl/N-ethyl adjacent to an activating group) is 1. The molecule has 10 nitrogen and oxygen atoms in total. The monoisotopic (exact) mass is 517 g/mol. The lowest BCUT2D eigenvalue weighted by atomic mass is 10.1. The molecular formula is C25H39N7O3S. The van der Waals surface area contributed by atoms with Crippen LogP contribution in [-0.2, 0) is 4.79 Å². The standard InChI is InChI=1S/C25H39N7O3S/c1-8-32(9-2)20-12-11-18(13-21(20)35-10-3)19-15-36-25(29-19)30-22(34)14-28-23(16(4)33)24(26)31(7)17(5)27-6/h11-13,15,25-29,33H,5,8-10,14H2,1-4,6-7H3,(H,30,34). The molecule has 36 heavy (non-hydrogen) atoms. The van der Waals surface area contributed by atoms with Crippen LogP contribution >= 0.6 is 11.8 Å². The summed E-state index contributed by atoms with van der Waals surface area (Å²) in [5, 5.41) is 32.2. The smallest absolute Gasteiger partial charge is 0.241 e. The molecule has 6 N–H and O–H groups in total. The molecule has 0 aromatic heterocycles. The Morgan fingerprint density at radius 3 is 2.58 bits per heavy atom. The zero-order chi connectivity index (χ0) is 26.8. The number of carbonyl (C=O) groups is 1. The van der Waals surface area contributed by atoms with Gasteiger partial charge < -0.3 is 40.9 Å². The Hall–Kier alpha value is -3.47. The first-order chi connectivity index (χ1) is 17.2. The van der Waals surface area contributed by atoms with Gasteiger partial charge in [-0.15, -0.1) is 0 Å². The predicted octanol–water partition coefficient (Wildman–Crippen LogP) is 2.94. The molecule has 1 aromatic rings. The van der Waals surface area contributed by atoms with Crippen LogP contribution in [0.25, 0.3) is 5.70 Å². The summed E-state index contributed by atoms with van der Waals surface area (Å²) < 4.78 is 5.91. The molecule has 0 saturated carbocycles. The predicted molar refractivity (Wildman–Crippen MR) is 149 cm³/mol. The molecule has 0 radical (unpaired) electrons. The Labute approximate surface area is 218 Å². The topological polar surface area (TPSA) is 125 Å². The van der Waals surface area contributed by atoms with Crippen LogP contribution in [0, 0.1) is 5.41 Å². The van der Waals surface area contributed by atoms with E-state index in [-0.39, 0.29) is 35.2 Å². The molecule has 1 aliphatic rings. The van der Waals surface area contributed by atoms with Gasteiger partial charge in [0.2, 0.25) is 5.91 Å². The van der Waals surface area contributed by atoms with Crippen molar-refractivity contribution in [3.8, 4) is 5.75 Å². The van der Waals surface area contributed by atoms with Gasteiger partial charge in [0.25, 0.3) is 0 Å². The Morgan fingerprint density at radius 2 is 2.00 bits per heavy atom. The molecule has 1 aliphatic heterocycles. The minimum absolute atomic E-state index is 0.0160. The average Bonchev–Trinajstić information content (AvgIpc) is 3.32. The van der Waals surface area contributed by atoms with E-state index in [9.17, 15) is 9.90 Å². The number of aliphatic hydroxyl groups excluding tert-OH is 1. The molecule has 0 aliphatic carbocycles. The largest absolute Gasteiger partial charge is 0.510 e.